The van der Waals surface area contributed by atoms with E-state index in [0.29, 0.717) is 0 Å². The van der Waals surface area contributed by atoms with Crippen LogP contribution in [-0.2, 0) is 6.54 Å². The number of piperazine rings is 1. The van der Waals surface area contributed by atoms with Gasteiger partial charge >= 0.3 is 0 Å². The molecule has 2 rings (SSSR count). The molecule has 114 valence electrons. The van der Waals surface area contributed by atoms with Crippen LogP contribution in [0.2, 0.25) is 0 Å². The van der Waals surface area contributed by atoms with Gasteiger partial charge in [0.15, 0.2) is 5.96 Å². The Morgan fingerprint density at radius 1 is 1.40 bits per heavy atom. The molecule has 1 aliphatic rings. The van der Waals surface area contributed by atoms with E-state index in [-0.39, 0.29) is 24.0 Å². The lowest BCUT2D eigenvalue weighted by molar-refractivity contribution is 0.169. The minimum Gasteiger partial charge on any atom is -0.364 e. The molecule has 1 aliphatic heterocycles. The Kier molecular flexibility index (Phi) is 7.90. The summed E-state index contributed by atoms with van der Waals surface area (Å²) < 4.78 is 4.86. The lowest BCUT2D eigenvalue weighted by atomic mass is 10.3. The van der Waals surface area contributed by atoms with Crippen LogP contribution >= 0.6 is 24.0 Å². The molecule has 0 aliphatic carbocycles. The minimum atomic E-state index is 0. The summed E-state index contributed by atoms with van der Waals surface area (Å²) in [6.07, 6.45) is 2.74. The highest BCUT2D eigenvalue weighted by Gasteiger charge is 2.19. The van der Waals surface area contributed by atoms with E-state index in [1.807, 2.05) is 13.1 Å². The fourth-order valence-electron chi connectivity index (χ4n) is 2.24. The first-order valence-electron chi connectivity index (χ1n) is 6.90. The van der Waals surface area contributed by atoms with E-state index in [1.165, 1.54) is 0 Å². The van der Waals surface area contributed by atoms with Crippen molar-refractivity contribution < 1.29 is 4.52 Å². The summed E-state index contributed by atoms with van der Waals surface area (Å²) in [6.45, 7) is 8.06. The average Bonchev–Trinajstić information content (AvgIpc) is 2.94. The molecule has 20 heavy (non-hydrogen) atoms. The third-order valence-electron chi connectivity index (χ3n) is 3.29. The highest BCUT2D eigenvalue weighted by atomic mass is 127. The van der Waals surface area contributed by atoms with Crippen molar-refractivity contribution in [2.24, 2.45) is 4.99 Å². The Hall–Kier alpha value is -0.830. The van der Waals surface area contributed by atoms with Crippen molar-refractivity contribution in [1.29, 1.82) is 0 Å². The van der Waals surface area contributed by atoms with Gasteiger partial charge in [-0.1, -0.05) is 12.1 Å². The zero-order valence-corrected chi connectivity index (χ0v) is 14.5. The molecule has 6 nitrogen and oxygen atoms in total. The van der Waals surface area contributed by atoms with Gasteiger partial charge in [-0.05, 0) is 6.42 Å². The van der Waals surface area contributed by atoms with Gasteiger partial charge in [0.2, 0.25) is 0 Å². The van der Waals surface area contributed by atoms with Gasteiger partial charge < -0.3 is 14.7 Å². The van der Waals surface area contributed by atoms with E-state index in [9.17, 15) is 0 Å². The second-order valence-corrected chi connectivity index (χ2v) is 4.73. The van der Waals surface area contributed by atoms with Gasteiger partial charge in [-0.15, -0.1) is 24.0 Å². The van der Waals surface area contributed by atoms with Crippen molar-refractivity contribution in [3.05, 3.63) is 18.0 Å². The van der Waals surface area contributed by atoms with E-state index in [0.717, 1.165) is 57.3 Å². The summed E-state index contributed by atoms with van der Waals surface area (Å²) in [5, 5.41) is 7.33. The van der Waals surface area contributed by atoms with Crippen molar-refractivity contribution in [3.8, 4) is 0 Å². The molecule has 0 saturated carbocycles. The van der Waals surface area contributed by atoms with Crippen molar-refractivity contribution >= 4 is 29.9 Å². The standard InChI is InChI=1S/C13H23N5O.HI/c1-3-5-15-13(14-2)18-8-6-17(7-9-18)11-12-4-10-19-16-12;/h4,10H,3,5-9,11H2,1-2H3,(H,14,15);1H. The van der Waals surface area contributed by atoms with E-state index in [2.05, 4.69) is 32.2 Å². The Balaban J connectivity index is 0.00000200. The SMILES string of the molecule is CCCNC(=NC)N1CCN(Cc2ccon2)CC1.I. The Bertz CT molecular complexity index is 387. The Morgan fingerprint density at radius 2 is 2.15 bits per heavy atom. The average molecular weight is 393 g/mol. The number of aromatic nitrogens is 1. The third kappa shape index (κ3) is 4.93. The van der Waals surface area contributed by atoms with Crippen molar-refractivity contribution in [2.75, 3.05) is 39.8 Å². The molecule has 1 saturated heterocycles. The van der Waals surface area contributed by atoms with E-state index in [1.54, 1.807) is 6.26 Å². The first-order chi connectivity index (χ1) is 9.33. The fourth-order valence-corrected chi connectivity index (χ4v) is 2.24. The molecule has 1 aromatic heterocycles. The summed E-state index contributed by atoms with van der Waals surface area (Å²) in [4.78, 5) is 9.04. The Morgan fingerprint density at radius 3 is 2.70 bits per heavy atom. The maximum absolute atomic E-state index is 4.86. The van der Waals surface area contributed by atoms with Gasteiger partial charge in [0.25, 0.3) is 0 Å². The van der Waals surface area contributed by atoms with E-state index < -0.39 is 0 Å². The van der Waals surface area contributed by atoms with Gasteiger partial charge in [-0.3, -0.25) is 9.89 Å². The molecule has 0 amide bonds. The van der Waals surface area contributed by atoms with Crippen molar-refractivity contribution in [2.45, 2.75) is 19.9 Å². The monoisotopic (exact) mass is 393 g/mol. The van der Waals surface area contributed by atoms with Crippen LogP contribution in [0.15, 0.2) is 21.8 Å². The third-order valence-corrected chi connectivity index (χ3v) is 3.29. The predicted octanol–water partition coefficient (Wildman–Crippen LogP) is 1.40. The lowest BCUT2D eigenvalue weighted by Crippen LogP contribution is -2.52. The number of aliphatic imine (C=N–C) groups is 1. The number of nitrogens with one attached hydrogen (secondary N) is 1. The largest absolute Gasteiger partial charge is 0.364 e. The molecule has 1 aromatic rings. The summed E-state index contributed by atoms with van der Waals surface area (Å²) in [6, 6.07) is 1.92. The van der Waals surface area contributed by atoms with Crippen LogP contribution in [0.1, 0.15) is 19.0 Å². The first-order valence-corrected chi connectivity index (χ1v) is 6.90. The van der Waals surface area contributed by atoms with Crippen LogP contribution in [-0.4, -0.2) is 60.7 Å². The lowest BCUT2D eigenvalue weighted by Gasteiger charge is -2.36. The van der Waals surface area contributed by atoms with Crippen molar-refractivity contribution in [3.63, 3.8) is 0 Å². The van der Waals surface area contributed by atoms with Crippen LogP contribution < -0.4 is 5.32 Å². The maximum Gasteiger partial charge on any atom is 0.193 e. The summed E-state index contributed by atoms with van der Waals surface area (Å²) >= 11 is 0. The smallest absolute Gasteiger partial charge is 0.193 e. The minimum absolute atomic E-state index is 0. The molecule has 0 aromatic carbocycles. The normalized spacial score (nSPS) is 16.9. The fraction of sp³-hybridized carbons (Fsp3) is 0.692. The molecular formula is C13H24IN5O. The number of halogens is 1. The molecule has 0 atom stereocenters. The van der Waals surface area contributed by atoms with E-state index in [4.69, 9.17) is 4.52 Å². The quantitative estimate of drug-likeness (QED) is 0.476. The van der Waals surface area contributed by atoms with Gasteiger partial charge in [-0.2, -0.15) is 0 Å². The summed E-state index contributed by atoms with van der Waals surface area (Å²) in [7, 11) is 1.85. The predicted molar refractivity (Wildman–Crippen MR) is 90.4 cm³/mol. The molecule has 0 unspecified atom stereocenters. The van der Waals surface area contributed by atoms with Gasteiger partial charge in [0, 0.05) is 52.4 Å². The van der Waals surface area contributed by atoms with Crippen molar-refractivity contribution in [1.82, 2.24) is 20.3 Å². The molecule has 0 bridgehead atoms. The summed E-state index contributed by atoms with van der Waals surface area (Å²) in [5.41, 5.74) is 1.00. The zero-order valence-electron chi connectivity index (χ0n) is 12.2. The topological polar surface area (TPSA) is 56.9 Å². The zero-order chi connectivity index (χ0) is 13.5. The number of rotatable bonds is 4. The molecule has 7 heteroatoms. The molecule has 2 heterocycles. The number of guanidine groups is 1. The first kappa shape index (κ1) is 17.2. The molecule has 0 spiro atoms. The Labute approximate surface area is 137 Å². The van der Waals surface area contributed by atoms with Crippen LogP contribution in [0, 0.1) is 0 Å². The highest BCUT2D eigenvalue weighted by molar-refractivity contribution is 14.0. The van der Waals surface area contributed by atoms with Crippen LogP contribution in [0.25, 0.3) is 0 Å². The van der Waals surface area contributed by atoms with Gasteiger partial charge in [0.1, 0.15) is 6.26 Å². The number of hydrogen-bond donors (Lipinski definition) is 1. The summed E-state index contributed by atoms with van der Waals surface area (Å²) in [5.74, 6) is 1.02. The van der Waals surface area contributed by atoms with Gasteiger partial charge in [-0.25, -0.2) is 0 Å². The second kappa shape index (κ2) is 9.17. The molecule has 0 radical (unpaired) electrons. The maximum atomic E-state index is 4.86. The number of nitrogens with zero attached hydrogens (tertiary/aromatic N) is 4. The van der Waals surface area contributed by atoms with Crippen LogP contribution in [0.5, 0.6) is 0 Å². The highest BCUT2D eigenvalue weighted by Crippen LogP contribution is 2.07. The van der Waals surface area contributed by atoms with E-state index >= 15 is 0 Å². The van der Waals surface area contributed by atoms with Crippen LogP contribution in [0.3, 0.4) is 0 Å². The number of hydrogen-bond acceptors (Lipinski definition) is 4. The molecule has 1 fully saturated rings. The molecular weight excluding hydrogens is 369 g/mol. The molecule has 1 N–H and O–H groups in total. The van der Waals surface area contributed by atoms with Crippen LogP contribution in [0.4, 0.5) is 0 Å². The second-order valence-electron chi connectivity index (χ2n) is 4.73. The van der Waals surface area contributed by atoms with Gasteiger partial charge in [0.05, 0.1) is 5.69 Å².